The van der Waals surface area contributed by atoms with Crippen LogP contribution in [0.25, 0.3) is 0 Å². The van der Waals surface area contributed by atoms with Crippen molar-refractivity contribution in [3.8, 4) is 0 Å². The second-order valence-corrected chi connectivity index (χ2v) is 8.14. The lowest BCUT2D eigenvalue weighted by Crippen LogP contribution is -2.41. The Bertz CT molecular complexity index is 802. The molecule has 4 rings (SSSR count). The molecule has 0 aromatic carbocycles. The minimum Gasteiger partial charge on any atom is -0.367 e. The molecule has 0 bridgehead atoms. The monoisotopic (exact) mass is 393 g/mol. The number of hydrogen-bond acceptors (Lipinski definition) is 4. The van der Waals surface area contributed by atoms with Crippen LogP contribution in [-0.2, 0) is 6.54 Å². The molecule has 2 aliphatic heterocycles. The van der Waals surface area contributed by atoms with Gasteiger partial charge in [0, 0.05) is 24.8 Å². The van der Waals surface area contributed by atoms with Crippen molar-refractivity contribution in [2.75, 3.05) is 11.9 Å². The fraction of sp³-hybridized carbons (Fsp3) is 0.600. The number of hydrogen-bond donors (Lipinski definition) is 1. The van der Waals surface area contributed by atoms with E-state index in [9.17, 15) is 13.2 Å². The molecule has 1 saturated heterocycles. The third kappa shape index (κ3) is 3.74. The Balaban J connectivity index is 1.61. The minimum absolute atomic E-state index is 0.0115. The molecule has 2 aliphatic rings. The first-order valence-corrected chi connectivity index (χ1v) is 9.89. The van der Waals surface area contributed by atoms with E-state index in [1.807, 2.05) is 38.1 Å². The van der Waals surface area contributed by atoms with Gasteiger partial charge in [-0.2, -0.15) is 18.3 Å². The Hall–Kier alpha value is -2.09. The van der Waals surface area contributed by atoms with Crippen LogP contribution in [0.15, 0.2) is 30.5 Å². The summed E-state index contributed by atoms with van der Waals surface area (Å²) in [5.74, 6) is 0.594. The number of rotatable bonds is 4. The van der Waals surface area contributed by atoms with Gasteiger partial charge in [0.05, 0.1) is 17.4 Å². The highest BCUT2D eigenvalue weighted by molar-refractivity contribution is 5.42. The van der Waals surface area contributed by atoms with Gasteiger partial charge in [0.15, 0.2) is 6.04 Å². The zero-order chi connectivity index (χ0) is 19.9. The molecule has 1 unspecified atom stereocenters. The van der Waals surface area contributed by atoms with E-state index in [2.05, 4.69) is 20.3 Å². The zero-order valence-electron chi connectivity index (χ0n) is 16.2. The number of fused-ring (bicyclic) bond motifs is 1. The molecule has 2 aromatic rings. The first-order valence-electron chi connectivity index (χ1n) is 9.89. The lowest BCUT2D eigenvalue weighted by atomic mass is 9.94. The maximum Gasteiger partial charge on any atom is 0.410 e. The largest absolute Gasteiger partial charge is 0.410 e. The Morgan fingerprint density at radius 1 is 1.29 bits per heavy atom. The first kappa shape index (κ1) is 19.2. The van der Waals surface area contributed by atoms with Crippen molar-refractivity contribution in [2.45, 2.75) is 64.0 Å². The Kier molecular flexibility index (Phi) is 5.07. The maximum absolute atomic E-state index is 13.7. The summed E-state index contributed by atoms with van der Waals surface area (Å²) in [4.78, 5) is 6.64. The van der Waals surface area contributed by atoms with Crippen LogP contribution in [0.3, 0.4) is 0 Å². The summed E-state index contributed by atoms with van der Waals surface area (Å²) in [5.41, 5.74) is 1.68. The third-order valence-electron chi connectivity index (χ3n) is 5.84. The topological polar surface area (TPSA) is 46.0 Å². The maximum atomic E-state index is 13.7. The van der Waals surface area contributed by atoms with Gasteiger partial charge in [-0.1, -0.05) is 19.9 Å². The summed E-state index contributed by atoms with van der Waals surface area (Å²) in [7, 11) is 0. The molecule has 0 amide bonds. The van der Waals surface area contributed by atoms with E-state index in [0.717, 1.165) is 35.5 Å². The van der Waals surface area contributed by atoms with Crippen LogP contribution in [0.5, 0.6) is 0 Å². The number of halogens is 3. The average Bonchev–Trinajstić information content (AvgIpc) is 3.26. The summed E-state index contributed by atoms with van der Waals surface area (Å²) >= 11 is 0. The summed E-state index contributed by atoms with van der Waals surface area (Å²) in [6.45, 7) is 5.47. The van der Waals surface area contributed by atoms with Gasteiger partial charge in [-0.25, -0.2) is 4.68 Å². The predicted molar refractivity (Wildman–Crippen MR) is 101 cm³/mol. The SMILES string of the molecule is CC(C)[C@@H]1C[C@H](C(F)(F)F)n2nc(C3CCCN3Cc3ccccn3)cc2N1. The number of likely N-dealkylation sites (tertiary alicyclic amines) is 1. The Labute approximate surface area is 162 Å². The van der Waals surface area contributed by atoms with E-state index in [0.29, 0.717) is 12.4 Å². The number of pyridine rings is 1. The molecule has 0 radical (unpaired) electrons. The van der Waals surface area contributed by atoms with E-state index in [1.165, 1.54) is 0 Å². The number of nitrogens with one attached hydrogen (secondary N) is 1. The molecule has 8 heteroatoms. The summed E-state index contributed by atoms with van der Waals surface area (Å²) in [5, 5.41) is 7.71. The van der Waals surface area contributed by atoms with Crippen molar-refractivity contribution in [1.82, 2.24) is 19.7 Å². The number of anilines is 1. The smallest absolute Gasteiger partial charge is 0.367 e. The standard InChI is InChI=1S/C20H26F3N5/c1-13(2)15-10-18(20(21,22)23)28-19(25-15)11-16(26-28)17-7-5-9-27(17)12-14-6-3-4-8-24-14/h3-4,6,8,11,13,15,17-18,25H,5,7,9-10,12H2,1-2H3/t15-,17?,18+/m0/s1. The van der Waals surface area contributed by atoms with Gasteiger partial charge in [0.1, 0.15) is 5.82 Å². The van der Waals surface area contributed by atoms with Crippen molar-refractivity contribution >= 4 is 5.82 Å². The molecule has 1 N–H and O–H groups in total. The molecular formula is C20H26F3N5. The molecule has 3 atom stereocenters. The second-order valence-electron chi connectivity index (χ2n) is 8.14. The van der Waals surface area contributed by atoms with E-state index >= 15 is 0 Å². The molecular weight excluding hydrogens is 367 g/mol. The van der Waals surface area contributed by atoms with Gasteiger partial charge in [0.25, 0.3) is 0 Å². The predicted octanol–water partition coefficient (Wildman–Crippen LogP) is 4.56. The van der Waals surface area contributed by atoms with Crippen molar-refractivity contribution in [2.24, 2.45) is 5.92 Å². The highest BCUT2D eigenvalue weighted by atomic mass is 19.4. The highest BCUT2D eigenvalue weighted by Gasteiger charge is 2.47. The van der Waals surface area contributed by atoms with E-state index in [1.54, 1.807) is 6.20 Å². The first-order chi connectivity index (χ1) is 13.3. The summed E-state index contributed by atoms with van der Waals surface area (Å²) < 4.78 is 42.3. The normalized spacial score (nSPS) is 25.7. The molecule has 0 aliphatic carbocycles. The van der Waals surface area contributed by atoms with Crippen LogP contribution in [0.2, 0.25) is 0 Å². The molecule has 1 fully saturated rings. The average molecular weight is 393 g/mol. The van der Waals surface area contributed by atoms with Crippen molar-refractivity contribution in [1.29, 1.82) is 0 Å². The Morgan fingerprint density at radius 3 is 2.79 bits per heavy atom. The fourth-order valence-corrected chi connectivity index (χ4v) is 4.27. The molecule has 0 spiro atoms. The summed E-state index contributed by atoms with van der Waals surface area (Å²) in [6.07, 6.45) is -0.633. The van der Waals surface area contributed by atoms with Gasteiger partial charge >= 0.3 is 6.18 Å². The van der Waals surface area contributed by atoms with E-state index < -0.39 is 12.2 Å². The molecule has 2 aromatic heterocycles. The third-order valence-corrected chi connectivity index (χ3v) is 5.84. The molecule has 28 heavy (non-hydrogen) atoms. The van der Waals surface area contributed by atoms with Crippen molar-refractivity contribution < 1.29 is 13.2 Å². The Morgan fingerprint density at radius 2 is 2.11 bits per heavy atom. The number of aromatic nitrogens is 3. The van der Waals surface area contributed by atoms with Crippen LogP contribution in [0.4, 0.5) is 19.0 Å². The van der Waals surface area contributed by atoms with Gasteiger partial charge < -0.3 is 5.32 Å². The second kappa shape index (κ2) is 7.39. The fourth-order valence-electron chi connectivity index (χ4n) is 4.27. The summed E-state index contributed by atoms with van der Waals surface area (Å²) in [6, 6.07) is 5.85. The zero-order valence-corrected chi connectivity index (χ0v) is 16.2. The van der Waals surface area contributed by atoms with Crippen molar-refractivity contribution in [3.63, 3.8) is 0 Å². The van der Waals surface area contributed by atoms with Gasteiger partial charge in [0.2, 0.25) is 0 Å². The van der Waals surface area contributed by atoms with Crippen LogP contribution in [-0.4, -0.2) is 38.4 Å². The minimum atomic E-state index is -4.31. The van der Waals surface area contributed by atoms with E-state index in [4.69, 9.17) is 0 Å². The van der Waals surface area contributed by atoms with Crippen LogP contribution < -0.4 is 5.32 Å². The molecule has 5 nitrogen and oxygen atoms in total. The van der Waals surface area contributed by atoms with E-state index in [-0.39, 0.29) is 24.4 Å². The molecule has 4 heterocycles. The van der Waals surface area contributed by atoms with Crippen LogP contribution in [0.1, 0.15) is 56.6 Å². The van der Waals surface area contributed by atoms with Gasteiger partial charge in [-0.15, -0.1) is 0 Å². The van der Waals surface area contributed by atoms with Gasteiger partial charge in [-0.3, -0.25) is 9.88 Å². The van der Waals surface area contributed by atoms with Crippen molar-refractivity contribution in [3.05, 3.63) is 41.9 Å². The molecule has 152 valence electrons. The lowest BCUT2D eigenvalue weighted by molar-refractivity contribution is -0.174. The number of nitrogens with zero attached hydrogens (tertiary/aromatic N) is 4. The van der Waals surface area contributed by atoms with Crippen LogP contribution >= 0.6 is 0 Å². The van der Waals surface area contributed by atoms with Crippen LogP contribution in [0, 0.1) is 5.92 Å². The number of alkyl halides is 3. The van der Waals surface area contributed by atoms with Gasteiger partial charge in [-0.05, 0) is 43.9 Å². The molecule has 0 saturated carbocycles. The quantitative estimate of drug-likeness (QED) is 0.827. The lowest BCUT2D eigenvalue weighted by Gasteiger charge is -2.35. The highest BCUT2D eigenvalue weighted by Crippen LogP contribution is 2.42.